The van der Waals surface area contributed by atoms with Crippen LogP contribution >= 0.6 is 0 Å². The number of carbonyl (C=O) groups is 2. The third-order valence-corrected chi connectivity index (χ3v) is 3.35. The highest BCUT2D eigenvalue weighted by Crippen LogP contribution is 2.18. The molecule has 0 bridgehead atoms. The summed E-state index contributed by atoms with van der Waals surface area (Å²) in [6, 6.07) is 11.6. The van der Waals surface area contributed by atoms with E-state index in [1.54, 1.807) is 18.2 Å². The molecule has 2 aromatic rings. The van der Waals surface area contributed by atoms with Crippen molar-refractivity contribution < 1.29 is 23.5 Å². The lowest BCUT2D eigenvalue weighted by Crippen LogP contribution is -2.12. The van der Waals surface area contributed by atoms with E-state index in [0.29, 0.717) is 6.61 Å². The van der Waals surface area contributed by atoms with Gasteiger partial charge in [-0.15, -0.1) is 0 Å². The number of ether oxygens (including phenoxy) is 2. The number of rotatable bonds is 7. The Balaban J connectivity index is 2.02. The van der Waals surface area contributed by atoms with Crippen LogP contribution in [0.1, 0.15) is 46.9 Å². The zero-order valence-corrected chi connectivity index (χ0v) is 13.5. The standard InChI is InChI=1S/C19H19FO4/c1-2-3-6-12-23-18(21)14-8-7-9-15(13-14)19(22)24-17-11-5-4-10-16(17)20/h4-5,7-11,13H,2-3,6,12H2,1H3. The predicted molar refractivity (Wildman–Crippen MR) is 87.6 cm³/mol. The van der Waals surface area contributed by atoms with Crippen LogP contribution in [0.15, 0.2) is 48.5 Å². The van der Waals surface area contributed by atoms with Gasteiger partial charge in [-0.05, 0) is 36.8 Å². The molecule has 0 radical (unpaired) electrons. The summed E-state index contributed by atoms with van der Waals surface area (Å²) in [6.45, 7) is 2.41. The highest BCUT2D eigenvalue weighted by atomic mass is 19.1. The van der Waals surface area contributed by atoms with E-state index in [9.17, 15) is 14.0 Å². The van der Waals surface area contributed by atoms with E-state index < -0.39 is 17.8 Å². The quantitative estimate of drug-likeness (QED) is 0.429. The Morgan fingerprint density at radius 3 is 2.38 bits per heavy atom. The SMILES string of the molecule is CCCCCOC(=O)c1cccc(C(=O)Oc2ccccc2F)c1. The van der Waals surface area contributed by atoms with Crippen molar-refractivity contribution in [1.82, 2.24) is 0 Å². The van der Waals surface area contributed by atoms with Crippen molar-refractivity contribution in [1.29, 1.82) is 0 Å². The van der Waals surface area contributed by atoms with Gasteiger partial charge in [-0.3, -0.25) is 0 Å². The maximum atomic E-state index is 13.5. The Hall–Kier alpha value is -2.69. The minimum atomic E-state index is -0.735. The molecule has 0 aliphatic rings. The first-order valence-electron chi connectivity index (χ1n) is 7.85. The molecule has 126 valence electrons. The Morgan fingerprint density at radius 2 is 1.67 bits per heavy atom. The number of carbonyl (C=O) groups excluding carboxylic acids is 2. The molecule has 0 atom stereocenters. The fourth-order valence-corrected chi connectivity index (χ4v) is 2.06. The van der Waals surface area contributed by atoms with Gasteiger partial charge in [0.1, 0.15) is 0 Å². The molecule has 0 spiro atoms. The number of para-hydroxylation sites is 1. The van der Waals surface area contributed by atoms with Gasteiger partial charge in [0.25, 0.3) is 0 Å². The van der Waals surface area contributed by atoms with Gasteiger partial charge < -0.3 is 9.47 Å². The summed E-state index contributed by atoms with van der Waals surface area (Å²) in [5, 5.41) is 0. The number of esters is 2. The maximum Gasteiger partial charge on any atom is 0.343 e. The summed E-state index contributed by atoms with van der Waals surface area (Å²) in [4.78, 5) is 24.1. The van der Waals surface area contributed by atoms with E-state index in [4.69, 9.17) is 9.47 Å². The molecule has 24 heavy (non-hydrogen) atoms. The maximum absolute atomic E-state index is 13.5. The number of benzene rings is 2. The minimum Gasteiger partial charge on any atom is -0.462 e. The molecule has 4 nitrogen and oxygen atoms in total. The third kappa shape index (κ3) is 4.91. The van der Waals surface area contributed by atoms with E-state index in [1.165, 1.54) is 30.3 Å². The lowest BCUT2D eigenvalue weighted by molar-refractivity contribution is 0.0498. The van der Waals surface area contributed by atoms with E-state index in [-0.39, 0.29) is 16.9 Å². The van der Waals surface area contributed by atoms with E-state index >= 15 is 0 Å². The van der Waals surface area contributed by atoms with E-state index in [0.717, 1.165) is 19.3 Å². The Morgan fingerprint density at radius 1 is 0.958 bits per heavy atom. The first kappa shape index (κ1) is 17.7. The van der Waals surface area contributed by atoms with Gasteiger partial charge in [-0.2, -0.15) is 0 Å². The molecule has 0 saturated heterocycles. The fourth-order valence-electron chi connectivity index (χ4n) is 2.06. The van der Waals surface area contributed by atoms with Gasteiger partial charge in [0.2, 0.25) is 0 Å². The van der Waals surface area contributed by atoms with Crippen molar-refractivity contribution in [3.63, 3.8) is 0 Å². The van der Waals surface area contributed by atoms with Gasteiger partial charge in [-0.1, -0.05) is 38.0 Å². The average molecular weight is 330 g/mol. The zero-order valence-electron chi connectivity index (χ0n) is 13.5. The van der Waals surface area contributed by atoms with Crippen molar-refractivity contribution in [3.05, 3.63) is 65.5 Å². The number of unbranched alkanes of at least 4 members (excludes halogenated alkanes) is 2. The zero-order chi connectivity index (χ0) is 17.4. The van der Waals surface area contributed by atoms with Crippen molar-refractivity contribution in [2.24, 2.45) is 0 Å². The molecule has 0 fully saturated rings. The molecular formula is C19H19FO4. The summed E-state index contributed by atoms with van der Waals surface area (Å²) < 4.78 is 23.7. The highest BCUT2D eigenvalue weighted by molar-refractivity contribution is 5.96. The van der Waals surface area contributed by atoms with Gasteiger partial charge in [0.05, 0.1) is 17.7 Å². The van der Waals surface area contributed by atoms with E-state index in [2.05, 4.69) is 6.92 Å². The largest absolute Gasteiger partial charge is 0.462 e. The Bertz CT molecular complexity index is 712. The molecule has 0 aromatic heterocycles. The van der Waals surface area contributed by atoms with Crippen LogP contribution in [-0.4, -0.2) is 18.5 Å². The predicted octanol–water partition coefficient (Wildman–Crippen LogP) is 4.39. The lowest BCUT2D eigenvalue weighted by Gasteiger charge is -2.07. The summed E-state index contributed by atoms with van der Waals surface area (Å²) >= 11 is 0. The molecule has 0 heterocycles. The van der Waals surface area contributed by atoms with Crippen LogP contribution in [0.25, 0.3) is 0 Å². The third-order valence-electron chi connectivity index (χ3n) is 3.35. The molecule has 0 aliphatic heterocycles. The van der Waals surface area contributed by atoms with Crippen LogP contribution in [-0.2, 0) is 4.74 Å². The van der Waals surface area contributed by atoms with Crippen LogP contribution in [0.4, 0.5) is 4.39 Å². The number of hydrogen-bond acceptors (Lipinski definition) is 4. The average Bonchev–Trinajstić information content (AvgIpc) is 2.60. The molecule has 0 amide bonds. The Labute approximate surface area is 140 Å². The summed E-state index contributed by atoms with van der Waals surface area (Å²) in [5.41, 5.74) is 0.413. The van der Waals surface area contributed by atoms with Crippen LogP contribution < -0.4 is 4.74 Å². The normalized spacial score (nSPS) is 10.2. The molecule has 0 unspecified atom stereocenters. The molecular weight excluding hydrogens is 311 g/mol. The highest BCUT2D eigenvalue weighted by Gasteiger charge is 2.14. The second kappa shape index (κ2) is 8.82. The molecule has 0 aliphatic carbocycles. The lowest BCUT2D eigenvalue weighted by atomic mass is 10.1. The minimum absolute atomic E-state index is 0.154. The van der Waals surface area contributed by atoms with Crippen molar-refractivity contribution in [3.8, 4) is 5.75 Å². The summed E-state index contributed by atoms with van der Waals surface area (Å²) in [5.74, 6) is -2.01. The second-order valence-electron chi connectivity index (χ2n) is 5.24. The first-order valence-corrected chi connectivity index (χ1v) is 7.85. The molecule has 2 rings (SSSR count). The molecule has 0 saturated carbocycles. The van der Waals surface area contributed by atoms with Gasteiger partial charge in [-0.25, -0.2) is 14.0 Å². The fraction of sp³-hybridized carbons (Fsp3) is 0.263. The monoisotopic (exact) mass is 330 g/mol. The summed E-state index contributed by atoms with van der Waals surface area (Å²) in [6.07, 6.45) is 2.83. The molecule has 0 N–H and O–H groups in total. The van der Waals surface area contributed by atoms with Gasteiger partial charge in [0.15, 0.2) is 11.6 Å². The topological polar surface area (TPSA) is 52.6 Å². The van der Waals surface area contributed by atoms with Crippen LogP contribution in [0.5, 0.6) is 5.75 Å². The Kier molecular flexibility index (Phi) is 6.49. The van der Waals surface area contributed by atoms with E-state index in [1.807, 2.05) is 0 Å². The summed E-state index contributed by atoms with van der Waals surface area (Å²) in [7, 11) is 0. The van der Waals surface area contributed by atoms with Gasteiger partial charge >= 0.3 is 11.9 Å². The van der Waals surface area contributed by atoms with Crippen LogP contribution in [0.3, 0.4) is 0 Å². The van der Waals surface area contributed by atoms with Crippen molar-refractivity contribution >= 4 is 11.9 Å². The first-order chi connectivity index (χ1) is 11.6. The van der Waals surface area contributed by atoms with Crippen molar-refractivity contribution in [2.75, 3.05) is 6.61 Å². The number of hydrogen-bond donors (Lipinski definition) is 0. The van der Waals surface area contributed by atoms with Crippen molar-refractivity contribution in [2.45, 2.75) is 26.2 Å². The molecule has 2 aromatic carbocycles. The van der Waals surface area contributed by atoms with Crippen LogP contribution in [0, 0.1) is 5.82 Å². The molecule has 5 heteroatoms. The van der Waals surface area contributed by atoms with Crippen LogP contribution in [0.2, 0.25) is 0 Å². The van der Waals surface area contributed by atoms with Gasteiger partial charge in [0, 0.05) is 0 Å². The smallest absolute Gasteiger partial charge is 0.343 e. The number of halogens is 1. The second-order valence-corrected chi connectivity index (χ2v) is 5.24.